The summed E-state index contributed by atoms with van der Waals surface area (Å²) in [6.45, 7) is 3.24. The highest BCUT2D eigenvalue weighted by atomic mass is 19.2. The number of allylic oxidation sites excluding steroid dienone is 2. The molecule has 1 unspecified atom stereocenters. The van der Waals surface area contributed by atoms with Crippen molar-refractivity contribution in [2.45, 2.75) is 26.2 Å². The zero-order chi connectivity index (χ0) is 22.5. The molecule has 0 spiro atoms. The van der Waals surface area contributed by atoms with Crippen LogP contribution in [0.25, 0.3) is 0 Å². The van der Waals surface area contributed by atoms with Gasteiger partial charge in [0.2, 0.25) is 0 Å². The van der Waals surface area contributed by atoms with E-state index in [4.69, 9.17) is 9.47 Å². The fraction of sp³-hybridized carbons (Fsp3) is 0.261. The normalized spacial score (nSPS) is 16.1. The largest absolute Gasteiger partial charge is 0.466 e. The number of methoxy groups -OCH3 is 1. The molecule has 0 aliphatic carbocycles. The van der Waals surface area contributed by atoms with Gasteiger partial charge >= 0.3 is 11.9 Å². The molecule has 0 saturated carbocycles. The summed E-state index contributed by atoms with van der Waals surface area (Å²) < 4.78 is 39.0. The number of dihydropyridines is 1. The molecular formula is C23H22F2N2O4. The number of rotatable bonds is 6. The van der Waals surface area contributed by atoms with Gasteiger partial charge in [0.25, 0.3) is 0 Å². The molecular weight excluding hydrogens is 406 g/mol. The van der Waals surface area contributed by atoms with Gasteiger partial charge in [-0.2, -0.15) is 0 Å². The van der Waals surface area contributed by atoms with Crippen molar-refractivity contribution in [3.63, 3.8) is 0 Å². The average Bonchev–Trinajstić information content (AvgIpc) is 2.75. The van der Waals surface area contributed by atoms with Crippen LogP contribution >= 0.6 is 0 Å². The molecule has 0 amide bonds. The minimum absolute atomic E-state index is 0.00859. The van der Waals surface area contributed by atoms with Crippen LogP contribution in [0, 0.1) is 11.6 Å². The summed E-state index contributed by atoms with van der Waals surface area (Å²) in [7, 11) is 1.18. The van der Waals surface area contributed by atoms with Crippen LogP contribution in [0.15, 0.2) is 65.1 Å². The third kappa shape index (κ3) is 4.63. The van der Waals surface area contributed by atoms with Crippen LogP contribution in [0.4, 0.5) is 8.78 Å². The number of hydrogen-bond donors (Lipinski definition) is 1. The van der Waals surface area contributed by atoms with Gasteiger partial charge in [-0.1, -0.05) is 18.2 Å². The summed E-state index contributed by atoms with van der Waals surface area (Å²) >= 11 is 0. The number of aromatic nitrogens is 1. The summed E-state index contributed by atoms with van der Waals surface area (Å²) in [5.41, 5.74) is 1.36. The van der Waals surface area contributed by atoms with Crippen LogP contribution in [-0.4, -0.2) is 30.6 Å². The minimum atomic E-state index is -1.19. The summed E-state index contributed by atoms with van der Waals surface area (Å²) in [6.07, 6.45) is 2.01. The van der Waals surface area contributed by atoms with E-state index in [1.807, 2.05) is 6.07 Å². The van der Waals surface area contributed by atoms with E-state index >= 15 is 0 Å². The van der Waals surface area contributed by atoms with Gasteiger partial charge in [0.05, 0.1) is 30.8 Å². The number of nitrogens with one attached hydrogen (secondary N) is 1. The number of ether oxygens (including phenoxy) is 2. The molecule has 1 N–H and O–H groups in total. The van der Waals surface area contributed by atoms with E-state index in [9.17, 15) is 18.4 Å². The molecule has 1 aliphatic rings. The number of hydrogen-bond acceptors (Lipinski definition) is 6. The third-order valence-corrected chi connectivity index (χ3v) is 5.00. The van der Waals surface area contributed by atoms with Crippen LogP contribution in [0.1, 0.15) is 31.0 Å². The lowest BCUT2D eigenvalue weighted by molar-refractivity contribution is -0.139. The predicted octanol–water partition coefficient (Wildman–Crippen LogP) is 3.55. The smallest absolute Gasteiger partial charge is 0.336 e. The van der Waals surface area contributed by atoms with Crippen LogP contribution in [0.3, 0.4) is 0 Å². The molecule has 0 saturated heterocycles. The molecule has 1 aromatic carbocycles. The summed E-state index contributed by atoms with van der Waals surface area (Å²) in [4.78, 5) is 29.7. The van der Waals surface area contributed by atoms with Crippen molar-refractivity contribution >= 4 is 11.9 Å². The van der Waals surface area contributed by atoms with E-state index in [1.54, 1.807) is 32.2 Å². The summed E-state index contributed by atoms with van der Waals surface area (Å²) in [5, 5.41) is 2.95. The number of carbonyl (C=O) groups excluding carboxylic acids is 2. The van der Waals surface area contributed by atoms with E-state index in [2.05, 4.69) is 10.3 Å². The van der Waals surface area contributed by atoms with Crippen molar-refractivity contribution in [2.24, 2.45) is 0 Å². The Morgan fingerprint density at radius 1 is 1.03 bits per heavy atom. The first-order valence-corrected chi connectivity index (χ1v) is 9.63. The van der Waals surface area contributed by atoms with Crippen LogP contribution in [0.2, 0.25) is 0 Å². The monoisotopic (exact) mass is 428 g/mol. The highest BCUT2D eigenvalue weighted by molar-refractivity contribution is 5.99. The molecule has 1 aromatic heterocycles. The van der Waals surface area contributed by atoms with Gasteiger partial charge in [-0.3, -0.25) is 4.98 Å². The number of pyridine rings is 1. The van der Waals surface area contributed by atoms with Gasteiger partial charge in [-0.15, -0.1) is 0 Å². The predicted molar refractivity (Wildman–Crippen MR) is 109 cm³/mol. The van der Waals surface area contributed by atoms with Gasteiger partial charge in [0, 0.05) is 35.3 Å². The maximum atomic E-state index is 14.7. The number of halogens is 2. The third-order valence-electron chi connectivity index (χ3n) is 5.00. The molecule has 0 radical (unpaired) electrons. The van der Waals surface area contributed by atoms with Crippen molar-refractivity contribution in [1.29, 1.82) is 0 Å². The molecule has 6 nitrogen and oxygen atoms in total. The van der Waals surface area contributed by atoms with Crippen molar-refractivity contribution in [2.75, 3.05) is 13.7 Å². The lowest BCUT2D eigenvalue weighted by Crippen LogP contribution is -2.33. The molecule has 0 fully saturated rings. The Morgan fingerprint density at radius 3 is 2.39 bits per heavy atom. The van der Waals surface area contributed by atoms with Crippen LogP contribution < -0.4 is 5.32 Å². The van der Waals surface area contributed by atoms with Crippen molar-refractivity contribution in [3.05, 3.63) is 88.0 Å². The molecule has 1 atom stereocenters. The fourth-order valence-corrected chi connectivity index (χ4v) is 3.57. The van der Waals surface area contributed by atoms with E-state index in [0.29, 0.717) is 17.8 Å². The van der Waals surface area contributed by atoms with Gasteiger partial charge in [0.15, 0.2) is 11.6 Å². The zero-order valence-electron chi connectivity index (χ0n) is 17.4. The number of carbonyl (C=O) groups is 2. The van der Waals surface area contributed by atoms with Gasteiger partial charge in [-0.25, -0.2) is 18.4 Å². The quantitative estimate of drug-likeness (QED) is 0.709. The van der Waals surface area contributed by atoms with Gasteiger partial charge in [-0.05, 0) is 32.0 Å². The lowest BCUT2D eigenvalue weighted by atomic mass is 9.80. The first-order valence-electron chi connectivity index (χ1n) is 9.63. The molecule has 8 heteroatoms. The Kier molecular flexibility index (Phi) is 6.79. The highest BCUT2D eigenvalue weighted by Crippen LogP contribution is 2.40. The Balaban J connectivity index is 1.97. The van der Waals surface area contributed by atoms with E-state index < -0.39 is 29.5 Å². The van der Waals surface area contributed by atoms with Crippen molar-refractivity contribution < 1.29 is 27.8 Å². The zero-order valence-corrected chi connectivity index (χ0v) is 17.4. The second-order valence-corrected chi connectivity index (χ2v) is 6.98. The molecule has 162 valence electrons. The second kappa shape index (κ2) is 9.51. The fourth-order valence-electron chi connectivity index (χ4n) is 3.57. The van der Waals surface area contributed by atoms with E-state index in [-0.39, 0.29) is 23.3 Å². The molecule has 3 rings (SSSR count). The van der Waals surface area contributed by atoms with Crippen molar-refractivity contribution in [3.8, 4) is 0 Å². The van der Waals surface area contributed by atoms with E-state index in [1.165, 1.54) is 19.2 Å². The van der Waals surface area contributed by atoms with Gasteiger partial charge in [0.1, 0.15) is 0 Å². The Bertz CT molecular complexity index is 1060. The Labute approximate surface area is 178 Å². The Morgan fingerprint density at radius 2 is 1.74 bits per heavy atom. The first kappa shape index (κ1) is 22.1. The molecule has 0 bridgehead atoms. The van der Waals surface area contributed by atoms with E-state index in [0.717, 1.165) is 11.8 Å². The highest BCUT2D eigenvalue weighted by Gasteiger charge is 2.39. The number of benzene rings is 1. The number of esters is 2. The molecule has 31 heavy (non-hydrogen) atoms. The first-order chi connectivity index (χ1) is 14.8. The maximum absolute atomic E-state index is 14.7. The average molecular weight is 428 g/mol. The SMILES string of the molecule is COC(=O)C1=C(C)NC(C)=C(C(=O)OCCc2ccccn2)C1c1cccc(F)c1F. The minimum Gasteiger partial charge on any atom is -0.466 e. The van der Waals surface area contributed by atoms with Gasteiger partial charge < -0.3 is 14.8 Å². The summed E-state index contributed by atoms with van der Waals surface area (Å²) in [5.74, 6) is -4.92. The van der Waals surface area contributed by atoms with Crippen LogP contribution in [-0.2, 0) is 25.5 Å². The number of nitrogens with zero attached hydrogens (tertiary/aromatic N) is 1. The second-order valence-electron chi connectivity index (χ2n) is 6.98. The summed E-state index contributed by atoms with van der Waals surface area (Å²) in [6, 6.07) is 9.01. The standard InChI is InChI=1S/C23H22F2N2O4/c1-13-18(22(28)30-3)20(16-8-6-9-17(24)21(16)25)19(14(2)27-13)23(29)31-12-10-15-7-4-5-11-26-15/h4-9,11,20,27H,10,12H2,1-3H3. The maximum Gasteiger partial charge on any atom is 0.336 e. The molecule has 1 aliphatic heterocycles. The van der Waals surface area contributed by atoms with Crippen LogP contribution in [0.5, 0.6) is 0 Å². The van der Waals surface area contributed by atoms with Crippen molar-refractivity contribution in [1.82, 2.24) is 10.3 Å². The molecule has 2 aromatic rings. The topological polar surface area (TPSA) is 77.5 Å². The molecule has 2 heterocycles. The Hall–Kier alpha value is -3.55. The lowest BCUT2D eigenvalue weighted by Gasteiger charge is -2.30.